The summed E-state index contributed by atoms with van der Waals surface area (Å²) >= 11 is 0. The highest BCUT2D eigenvalue weighted by Gasteiger charge is 2.33. The van der Waals surface area contributed by atoms with Gasteiger partial charge in [-0.15, -0.1) is 0 Å². The van der Waals surface area contributed by atoms with Crippen molar-refractivity contribution < 1.29 is 18.0 Å². The van der Waals surface area contributed by atoms with Gasteiger partial charge in [0.25, 0.3) is 5.56 Å². The zero-order valence-corrected chi connectivity index (χ0v) is 18.7. The van der Waals surface area contributed by atoms with Gasteiger partial charge in [0.2, 0.25) is 5.91 Å². The zero-order chi connectivity index (χ0) is 24.5. The molecule has 0 saturated carbocycles. The van der Waals surface area contributed by atoms with Gasteiger partial charge in [-0.2, -0.15) is 13.2 Å². The van der Waals surface area contributed by atoms with E-state index < -0.39 is 41.2 Å². The minimum atomic E-state index is -4.72. The highest BCUT2D eigenvalue weighted by atomic mass is 19.4. The molecule has 0 bridgehead atoms. The topological polar surface area (TPSA) is 86.0 Å². The van der Waals surface area contributed by atoms with Gasteiger partial charge in [0.1, 0.15) is 17.9 Å². The third-order valence-electron chi connectivity index (χ3n) is 5.28. The summed E-state index contributed by atoms with van der Waals surface area (Å²) in [5, 5.41) is 2.56. The molecule has 2 aromatic heterocycles. The van der Waals surface area contributed by atoms with Gasteiger partial charge in [0.15, 0.2) is 0 Å². The van der Waals surface area contributed by atoms with Crippen molar-refractivity contribution in [1.82, 2.24) is 19.4 Å². The molecule has 33 heavy (non-hydrogen) atoms. The maximum absolute atomic E-state index is 13.0. The van der Waals surface area contributed by atoms with Gasteiger partial charge in [0, 0.05) is 7.05 Å². The molecule has 7 nitrogen and oxygen atoms in total. The van der Waals surface area contributed by atoms with E-state index in [1.807, 2.05) is 24.3 Å². The normalized spacial score (nSPS) is 12.8. The van der Waals surface area contributed by atoms with Crippen LogP contribution < -0.4 is 16.6 Å². The smallest absolute Gasteiger partial charge is 0.348 e. The zero-order valence-electron chi connectivity index (χ0n) is 18.7. The molecule has 0 saturated heterocycles. The average Bonchev–Trinajstić information content (AvgIpc) is 2.74. The molecule has 1 N–H and O–H groups in total. The fourth-order valence-electron chi connectivity index (χ4n) is 3.60. The Balaban J connectivity index is 1.83. The SMILES string of the molecule is CC(C)Cc1ccc(C(C)NC(=O)Cn2c(=O)c3ccc(C(F)(F)F)nc3n(C)c2=O)cc1. The highest BCUT2D eigenvalue weighted by Crippen LogP contribution is 2.28. The van der Waals surface area contributed by atoms with Gasteiger partial charge in [-0.25, -0.2) is 9.78 Å². The van der Waals surface area contributed by atoms with E-state index in [0.29, 0.717) is 16.6 Å². The van der Waals surface area contributed by atoms with Crippen molar-refractivity contribution >= 4 is 16.9 Å². The lowest BCUT2D eigenvalue weighted by Gasteiger charge is -2.16. The molecule has 10 heteroatoms. The van der Waals surface area contributed by atoms with E-state index in [2.05, 4.69) is 24.1 Å². The van der Waals surface area contributed by atoms with Crippen LogP contribution in [0, 0.1) is 5.92 Å². The van der Waals surface area contributed by atoms with Crippen molar-refractivity contribution in [2.45, 2.75) is 46.0 Å². The Labute approximate surface area is 187 Å². The Morgan fingerprint density at radius 2 is 1.70 bits per heavy atom. The number of aryl methyl sites for hydroxylation is 1. The summed E-state index contributed by atoms with van der Waals surface area (Å²) in [5.74, 6) is -0.0571. The number of aromatic nitrogens is 3. The molecule has 1 unspecified atom stereocenters. The van der Waals surface area contributed by atoms with Crippen LogP contribution in [-0.2, 0) is 31.0 Å². The van der Waals surface area contributed by atoms with Crippen LogP contribution >= 0.6 is 0 Å². The number of nitrogens with zero attached hydrogens (tertiary/aromatic N) is 3. The first-order valence-corrected chi connectivity index (χ1v) is 10.4. The van der Waals surface area contributed by atoms with E-state index in [9.17, 15) is 27.6 Å². The van der Waals surface area contributed by atoms with E-state index in [4.69, 9.17) is 0 Å². The van der Waals surface area contributed by atoms with Crippen molar-refractivity contribution in [1.29, 1.82) is 0 Å². The lowest BCUT2D eigenvalue weighted by Crippen LogP contribution is -2.43. The number of nitrogens with one attached hydrogen (secondary N) is 1. The third kappa shape index (κ3) is 5.32. The molecule has 0 aliphatic carbocycles. The Kier molecular flexibility index (Phi) is 6.76. The van der Waals surface area contributed by atoms with Crippen LogP contribution in [0.4, 0.5) is 13.2 Å². The Morgan fingerprint density at radius 3 is 2.27 bits per heavy atom. The van der Waals surface area contributed by atoms with Gasteiger partial charge >= 0.3 is 11.9 Å². The number of fused-ring (bicyclic) bond motifs is 1. The minimum absolute atomic E-state index is 0.188. The summed E-state index contributed by atoms with van der Waals surface area (Å²) in [7, 11) is 1.20. The molecule has 1 amide bonds. The van der Waals surface area contributed by atoms with E-state index in [1.54, 1.807) is 6.92 Å². The van der Waals surface area contributed by atoms with E-state index >= 15 is 0 Å². The van der Waals surface area contributed by atoms with Gasteiger partial charge < -0.3 is 5.32 Å². The Morgan fingerprint density at radius 1 is 1.06 bits per heavy atom. The first-order valence-electron chi connectivity index (χ1n) is 10.4. The number of alkyl halides is 3. The first kappa shape index (κ1) is 24.2. The van der Waals surface area contributed by atoms with E-state index in [0.717, 1.165) is 22.6 Å². The summed E-state index contributed by atoms with van der Waals surface area (Å²) < 4.78 is 40.4. The fraction of sp³-hybridized carbons (Fsp3) is 0.391. The lowest BCUT2D eigenvalue weighted by atomic mass is 10.00. The van der Waals surface area contributed by atoms with Crippen LogP contribution in [0.3, 0.4) is 0 Å². The van der Waals surface area contributed by atoms with Crippen molar-refractivity contribution in [3.63, 3.8) is 0 Å². The molecule has 1 aromatic carbocycles. The molecule has 3 aromatic rings. The number of halogens is 3. The third-order valence-corrected chi connectivity index (χ3v) is 5.28. The number of rotatable bonds is 6. The second-order valence-electron chi connectivity index (χ2n) is 8.43. The van der Waals surface area contributed by atoms with Crippen molar-refractivity contribution in [3.8, 4) is 0 Å². The predicted octanol–water partition coefficient (Wildman–Crippen LogP) is 3.19. The highest BCUT2D eigenvalue weighted by molar-refractivity contribution is 5.78. The number of benzene rings is 1. The molecular formula is C23H25F3N4O3. The lowest BCUT2D eigenvalue weighted by molar-refractivity contribution is -0.141. The van der Waals surface area contributed by atoms with E-state index in [-0.39, 0.29) is 11.4 Å². The largest absolute Gasteiger partial charge is 0.433 e. The van der Waals surface area contributed by atoms with E-state index in [1.165, 1.54) is 12.6 Å². The average molecular weight is 462 g/mol. The second kappa shape index (κ2) is 9.21. The quantitative estimate of drug-likeness (QED) is 0.610. The Bertz CT molecular complexity index is 1290. The van der Waals surface area contributed by atoms with Crippen LogP contribution in [0.15, 0.2) is 46.0 Å². The van der Waals surface area contributed by atoms with Crippen LogP contribution in [0.1, 0.15) is 43.6 Å². The number of hydrogen-bond donors (Lipinski definition) is 1. The van der Waals surface area contributed by atoms with Gasteiger partial charge in [-0.05, 0) is 42.5 Å². The van der Waals surface area contributed by atoms with Crippen molar-refractivity contribution in [2.75, 3.05) is 0 Å². The standard InChI is InChI=1S/C23H25F3N4O3/c1-13(2)11-15-5-7-16(8-6-15)14(3)27-19(31)12-30-21(32)17-9-10-18(23(24,25)26)28-20(17)29(4)22(30)33/h5-10,13-14H,11-12H2,1-4H3,(H,27,31). The van der Waals surface area contributed by atoms with Crippen LogP contribution in [-0.4, -0.2) is 20.0 Å². The van der Waals surface area contributed by atoms with Crippen LogP contribution in [0.25, 0.3) is 11.0 Å². The van der Waals surface area contributed by atoms with Gasteiger partial charge in [-0.3, -0.25) is 18.7 Å². The summed E-state index contributed by atoms with van der Waals surface area (Å²) in [6, 6.07) is 9.06. The summed E-state index contributed by atoms with van der Waals surface area (Å²) in [6.07, 6.45) is -3.78. The summed E-state index contributed by atoms with van der Waals surface area (Å²) in [5.41, 5.74) is -1.38. The summed E-state index contributed by atoms with van der Waals surface area (Å²) in [4.78, 5) is 41.3. The molecule has 0 aliphatic heterocycles. The number of hydrogen-bond acceptors (Lipinski definition) is 4. The maximum Gasteiger partial charge on any atom is 0.433 e. The minimum Gasteiger partial charge on any atom is -0.348 e. The molecule has 0 radical (unpaired) electrons. The monoisotopic (exact) mass is 462 g/mol. The maximum atomic E-state index is 13.0. The van der Waals surface area contributed by atoms with Crippen molar-refractivity contribution in [3.05, 3.63) is 74.1 Å². The van der Waals surface area contributed by atoms with Gasteiger partial charge in [0.05, 0.1) is 11.4 Å². The number of amides is 1. The fourth-order valence-corrected chi connectivity index (χ4v) is 3.60. The molecular weight excluding hydrogens is 437 g/mol. The second-order valence-corrected chi connectivity index (χ2v) is 8.43. The van der Waals surface area contributed by atoms with Crippen LogP contribution in [0.5, 0.6) is 0 Å². The molecule has 2 heterocycles. The molecule has 1 atom stereocenters. The molecule has 0 aliphatic rings. The molecule has 0 spiro atoms. The predicted molar refractivity (Wildman–Crippen MR) is 118 cm³/mol. The number of carbonyl (C=O) groups excluding carboxylic acids is 1. The number of carbonyl (C=O) groups is 1. The first-order chi connectivity index (χ1) is 15.4. The Hall–Kier alpha value is -3.43. The summed E-state index contributed by atoms with van der Waals surface area (Å²) in [6.45, 7) is 5.46. The van der Waals surface area contributed by atoms with Gasteiger partial charge in [-0.1, -0.05) is 38.1 Å². The molecule has 176 valence electrons. The number of pyridine rings is 1. The molecule has 3 rings (SSSR count). The van der Waals surface area contributed by atoms with Crippen LogP contribution in [0.2, 0.25) is 0 Å². The van der Waals surface area contributed by atoms with Crippen molar-refractivity contribution in [2.24, 2.45) is 13.0 Å². The molecule has 0 fully saturated rings.